The number of hydrogen-bond acceptors (Lipinski definition) is 2. The van der Waals surface area contributed by atoms with Crippen LogP contribution in [0.3, 0.4) is 0 Å². The van der Waals surface area contributed by atoms with Gasteiger partial charge in [0.15, 0.2) is 0 Å². The van der Waals surface area contributed by atoms with E-state index in [0.717, 1.165) is 12.8 Å². The van der Waals surface area contributed by atoms with Crippen molar-refractivity contribution in [2.45, 2.75) is 24.3 Å². The quantitative estimate of drug-likeness (QED) is 0.724. The number of rotatable bonds is 3. The molecular formula is C11H15NO. The largest absolute Gasteiger partial charge is 0.395 e. The lowest BCUT2D eigenvalue weighted by atomic mass is 9.89. The van der Waals surface area contributed by atoms with Crippen LogP contribution < -0.4 is 5.73 Å². The van der Waals surface area contributed by atoms with Crippen molar-refractivity contribution in [1.29, 1.82) is 0 Å². The molecule has 0 amide bonds. The van der Waals surface area contributed by atoms with Crippen LogP contribution in [0.1, 0.15) is 18.4 Å². The fourth-order valence-electron chi connectivity index (χ4n) is 1.95. The Morgan fingerprint density at radius 1 is 1.31 bits per heavy atom. The first-order valence-corrected chi connectivity index (χ1v) is 4.71. The third-order valence-corrected chi connectivity index (χ3v) is 3.04. The predicted molar refractivity (Wildman–Crippen MR) is 52.4 cm³/mol. The van der Waals surface area contributed by atoms with E-state index in [2.05, 4.69) is 12.1 Å². The summed E-state index contributed by atoms with van der Waals surface area (Å²) in [6, 6.07) is 10.2. The van der Waals surface area contributed by atoms with Gasteiger partial charge >= 0.3 is 0 Å². The van der Waals surface area contributed by atoms with E-state index in [9.17, 15) is 0 Å². The van der Waals surface area contributed by atoms with E-state index in [1.807, 2.05) is 18.2 Å². The summed E-state index contributed by atoms with van der Waals surface area (Å²) in [4.78, 5) is 0. The van der Waals surface area contributed by atoms with Crippen LogP contribution >= 0.6 is 0 Å². The van der Waals surface area contributed by atoms with E-state index in [1.165, 1.54) is 5.56 Å². The van der Waals surface area contributed by atoms with Gasteiger partial charge in [0.1, 0.15) is 0 Å². The van der Waals surface area contributed by atoms with E-state index >= 15 is 0 Å². The summed E-state index contributed by atoms with van der Waals surface area (Å²) in [5.41, 5.74) is 7.25. The molecule has 1 atom stereocenters. The Morgan fingerprint density at radius 3 is 2.38 bits per heavy atom. The highest BCUT2D eigenvalue weighted by Crippen LogP contribution is 2.50. The van der Waals surface area contributed by atoms with E-state index in [-0.39, 0.29) is 18.1 Å². The van der Waals surface area contributed by atoms with Crippen molar-refractivity contribution >= 4 is 0 Å². The Morgan fingerprint density at radius 2 is 1.92 bits per heavy atom. The Kier molecular flexibility index (Phi) is 2.10. The summed E-state index contributed by atoms with van der Waals surface area (Å²) in [6.07, 6.45) is 2.22. The standard InChI is InChI=1S/C11H15NO/c12-10(8-13)11(6-7-11)9-4-2-1-3-5-9/h1-5,10,13H,6-8,12H2/t10-/m0/s1. The van der Waals surface area contributed by atoms with Crippen LogP contribution in [0.5, 0.6) is 0 Å². The maximum atomic E-state index is 9.05. The third-order valence-electron chi connectivity index (χ3n) is 3.04. The lowest BCUT2D eigenvalue weighted by Crippen LogP contribution is -2.37. The average Bonchev–Trinajstić information content (AvgIpc) is 2.99. The minimum atomic E-state index is -0.102. The van der Waals surface area contributed by atoms with Crippen molar-refractivity contribution in [3.8, 4) is 0 Å². The molecule has 1 aliphatic rings. The summed E-state index contributed by atoms with van der Waals surface area (Å²) in [6.45, 7) is 0.0783. The smallest absolute Gasteiger partial charge is 0.0591 e. The fourth-order valence-corrected chi connectivity index (χ4v) is 1.95. The first kappa shape index (κ1) is 8.73. The molecule has 2 heteroatoms. The molecule has 0 heterocycles. The van der Waals surface area contributed by atoms with Gasteiger partial charge in [0.25, 0.3) is 0 Å². The van der Waals surface area contributed by atoms with Crippen LogP contribution in [0.2, 0.25) is 0 Å². The first-order valence-electron chi connectivity index (χ1n) is 4.71. The van der Waals surface area contributed by atoms with Crippen LogP contribution in [0.15, 0.2) is 30.3 Å². The highest BCUT2D eigenvalue weighted by Gasteiger charge is 2.48. The predicted octanol–water partition coefficient (Wildman–Crippen LogP) is 1.04. The second-order valence-electron chi connectivity index (χ2n) is 3.81. The van der Waals surface area contributed by atoms with Crippen LogP contribution in [-0.4, -0.2) is 17.8 Å². The van der Waals surface area contributed by atoms with Gasteiger partial charge in [-0.3, -0.25) is 0 Å². The summed E-state index contributed by atoms with van der Waals surface area (Å²) in [7, 11) is 0. The van der Waals surface area contributed by atoms with E-state index in [4.69, 9.17) is 10.8 Å². The maximum absolute atomic E-state index is 9.05. The zero-order valence-electron chi connectivity index (χ0n) is 7.61. The van der Waals surface area contributed by atoms with Crippen molar-refractivity contribution in [2.24, 2.45) is 5.73 Å². The van der Waals surface area contributed by atoms with Crippen LogP contribution in [0.4, 0.5) is 0 Å². The Labute approximate surface area is 78.4 Å². The Balaban J connectivity index is 2.26. The minimum absolute atomic E-state index is 0.0783. The van der Waals surface area contributed by atoms with Crippen LogP contribution in [0, 0.1) is 0 Å². The van der Waals surface area contributed by atoms with Crippen LogP contribution in [0.25, 0.3) is 0 Å². The lowest BCUT2D eigenvalue weighted by molar-refractivity contribution is 0.242. The highest BCUT2D eigenvalue weighted by molar-refractivity contribution is 5.33. The number of aliphatic hydroxyl groups excluding tert-OH is 1. The van der Waals surface area contributed by atoms with Gasteiger partial charge in [-0.05, 0) is 18.4 Å². The van der Waals surface area contributed by atoms with Crippen molar-refractivity contribution in [3.05, 3.63) is 35.9 Å². The molecule has 13 heavy (non-hydrogen) atoms. The second-order valence-corrected chi connectivity index (χ2v) is 3.81. The van der Waals surface area contributed by atoms with Crippen molar-refractivity contribution in [3.63, 3.8) is 0 Å². The Hall–Kier alpha value is -0.860. The lowest BCUT2D eigenvalue weighted by Gasteiger charge is -2.21. The average molecular weight is 177 g/mol. The van der Waals surface area contributed by atoms with Crippen molar-refractivity contribution in [2.75, 3.05) is 6.61 Å². The van der Waals surface area contributed by atoms with E-state index in [0.29, 0.717) is 0 Å². The number of hydrogen-bond donors (Lipinski definition) is 2. The number of nitrogens with two attached hydrogens (primary N) is 1. The number of aliphatic hydroxyl groups is 1. The summed E-state index contributed by atoms with van der Waals surface area (Å²) < 4.78 is 0. The Bertz CT molecular complexity index is 279. The van der Waals surface area contributed by atoms with Gasteiger partial charge in [-0.25, -0.2) is 0 Å². The molecule has 1 fully saturated rings. The normalized spacial score (nSPS) is 21.1. The molecule has 0 aromatic heterocycles. The molecule has 2 nitrogen and oxygen atoms in total. The molecule has 0 aliphatic heterocycles. The zero-order chi connectivity index (χ0) is 9.31. The third kappa shape index (κ3) is 1.36. The molecule has 2 rings (SSSR count). The molecule has 0 radical (unpaired) electrons. The molecule has 70 valence electrons. The van der Waals surface area contributed by atoms with Gasteiger partial charge in [-0.1, -0.05) is 30.3 Å². The maximum Gasteiger partial charge on any atom is 0.0591 e. The molecule has 1 aromatic carbocycles. The molecule has 0 bridgehead atoms. The monoisotopic (exact) mass is 177 g/mol. The van der Waals surface area contributed by atoms with Crippen molar-refractivity contribution in [1.82, 2.24) is 0 Å². The second kappa shape index (κ2) is 3.13. The molecule has 1 saturated carbocycles. The van der Waals surface area contributed by atoms with E-state index < -0.39 is 0 Å². The first-order chi connectivity index (χ1) is 6.29. The summed E-state index contributed by atoms with van der Waals surface area (Å²) in [5.74, 6) is 0. The molecule has 0 spiro atoms. The SMILES string of the molecule is N[C@@H](CO)C1(c2ccccc2)CC1. The molecule has 1 aliphatic carbocycles. The topological polar surface area (TPSA) is 46.2 Å². The molecular weight excluding hydrogens is 162 g/mol. The summed E-state index contributed by atoms with van der Waals surface area (Å²) >= 11 is 0. The number of benzene rings is 1. The van der Waals surface area contributed by atoms with Gasteiger partial charge in [0.05, 0.1) is 6.61 Å². The van der Waals surface area contributed by atoms with E-state index in [1.54, 1.807) is 0 Å². The van der Waals surface area contributed by atoms with Gasteiger partial charge in [0, 0.05) is 11.5 Å². The highest BCUT2D eigenvalue weighted by atomic mass is 16.3. The van der Waals surface area contributed by atoms with Gasteiger partial charge in [0.2, 0.25) is 0 Å². The van der Waals surface area contributed by atoms with Gasteiger partial charge in [-0.2, -0.15) is 0 Å². The fraction of sp³-hybridized carbons (Fsp3) is 0.455. The minimum Gasteiger partial charge on any atom is -0.395 e. The van der Waals surface area contributed by atoms with Gasteiger partial charge < -0.3 is 10.8 Å². The summed E-state index contributed by atoms with van der Waals surface area (Å²) in [5, 5.41) is 9.05. The molecule has 1 aromatic rings. The zero-order valence-corrected chi connectivity index (χ0v) is 7.61. The molecule has 3 N–H and O–H groups in total. The van der Waals surface area contributed by atoms with Crippen molar-refractivity contribution < 1.29 is 5.11 Å². The van der Waals surface area contributed by atoms with Crippen LogP contribution in [-0.2, 0) is 5.41 Å². The molecule has 0 saturated heterocycles. The molecule has 0 unspecified atom stereocenters. The van der Waals surface area contributed by atoms with Gasteiger partial charge in [-0.15, -0.1) is 0 Å².